The number of carbonyl (C=O) groups excluding carboxylic acids is 3. The van der Waals surface area contributed by atoms with Crippen LogP contribution in [-0.4, -0.2) is 34.9 Å². The Kier molecular flexibility index (Phi) is 5.47. The number of nitrogens with zero attached hydrogens (tertiary/aromatic N) is 3. The third kappa shape index (κ3) is 3.34. The van der Waals surface area contributed by atoms with E-state index in [4.69, 9.17) is 10.00 Å². The largest absolute Gasteiger partial charge is 0.458 e. The Hall–Kier alpha value is -3.66. The molecule has 2 aromatic rings. The third-order valence-corrected chi connectivity index (χ3v) is 5.89. The van der Waals surface area contributed by atoms with Gasteiger partial charge in [0.15, 0.2) is 0 Å². The molecule has 4 rings (SSSR count). The molecule has 0 N–H and O–H groups in total. The monoisotopic (exact) mass is 417 g/mol. The Labute approximate surface area is 180 Å². The molecule has 1 fully saturated rings. The highest BCUT2D eigenvalue weighted by Gasteiger charge is 2.61. The first-order chi connectivity index (χ1) is 15.0. The van der Waals surface area contributed by atoms with Gasteiger partial charge in [0.1, 0.15) is 6.61 Å². The third-order valence-electron chi connectivity index (χ3n) is 5.89. The van der Waals surface area contributed by atoms with Crippen molar-refractivity contribution in [2.75, 3.05) is 11.4 Å². The molecule has 2 heterocycles. The number of hydrogen-bond acceptors (Lipinski definition) is 5. The summed E-state index contributed by atoms with van der Waals surface area (Å²) in [5.74, 6) is -1.07. The van der Waals surface area contributed by atoms with Crippen LogP contribution >= 0.6 is 0 Å². The van der Waals surface area contributed by atoms with Crippen LogP contribution in [-0.2, 0) is 20.9 Å². The summed E-state index contributed by atoms with van der Waals surface area (Å²) in [6.45, 7) is 2.36. The molecule has 0 unspecified atom stereocenters. The molecule has 0 spiro atoms. The fourth-order valence-electron chi connectivity index (χ4n) is 4.31. The van der Waals surface area contributed by atoms with Crippen LogP contribution < -0.4 is 4.90 Å². The number of fused-ring (bicyclic) bond motifs is 3. The maximum atomic E-state index is 13.5. The van der Waals surface area contributed by atoms with Gasteiger partial charge in [0, 0.05) is 19.4 Å². The van der Waals surface area contributed by atoms with Crippen molar-refractivity contribution in [3.8, 4) is 6.07 Å². The zero-order valence-electron chi connectivity index (χ0n) is 17.3. The highest BCUT2D eigenvalue weighted by atomic mass is 16.5. The molecule has 2 aliphatic heterocycles. The van der Waals surface area contributed by atoms with Crippen molar-refractivity contribution < 1.29 is 19.1 Å². The second-order valence-electron chi connectivity index (χ2n) is 7.76. The van der Waals surface area contributed by atoms with E-state index in [1.165, 1.54) is 9.80 Å². The second-order valence-corrected chi connectivity index (χ2v) is 7.76. The lowest BCUT2D eigenvalue weighted by molar-refractivity contribution is -0.158. The molecule has 7 heteroatoms. The van der Waals surface area contributed by atoms with E-state index in [0.29, 0.717) is 29.8 Å². The van der Waals surface area contributed by atoms with Gasteiger partial charge in [-0.15, -0.1) is 0 Å². The van der Waals surface area contributed by atoms with Gasteiger partial charge in [-0.05, 0) is 36.2 Å². The predicted octanol–water partition coefficient (Wildman–Crippen LogP) is 3.38. The SMILES string of the molecule is CCCCN1C(=O)c2ccccc2N2C(=O)CC[C@]12C(=O)OCc1ccc(C#N)cc1. The van der Waals surface area contributed by atoms with Gasteiger partial charge < -0.3 is 9.64 Å². The zero-order chi connectivity index (χ0) is 22.0. The van der Waals surface area contributed by atoms with E-state index in [0.717, 1.165) is 12.0 Å². The molecule has 2 aromatic carbocycles. The number of esters is 1. The zero-order valence-corrected chi connectivity index (χ0v) is 17.3. The Morgan fingerprint density at radius 2 is 1.90 bits per heavy atom. The molecule has 1 saturated heterocycles. The van der Waals surface area contributed by atoms with Gasteiger partial charge in [0.25, 0.3) is 5.91 Å². The number of ether oxygens (including phenoxy) is 1. The van der Waals surface area contributed by atoms with Gasteiger partial charge >= 0.3 is 5.97 Å². The number of rotatable bonds is 6. The standard InChI is InChI=1S/C24H23N3O4/c1-2-3-14-26-22(29)19-6-4-5-7-20(19)27-21(28)12-13-24(26,27)23(30)31-16-18-10-8-17(15-25)9-11-18/h4-11H,2-3,12-14,16H2,1H3/t24-/m0/s1. The lowest BCUT2D eigenvalue weighted by Gasteiger charge is -2.48. The molecular weight excluding hydrogens is 394 g/mol. The number of carbonyl (C=O) groups is 3. The summed E-state index contributed by atoms with van der Waals surface area (Å²) >= 11 is 0. The van der Waals surface area contributed by atoms with Gasteiger partial charge in [-0.3, -0.25) is 14.5 Å². The summed E-state index contributed by atoms with van der Waals surface area (Å²) in [6, 6.07) is 15.7. The van der Waals surface area contributed by atoms with Gasteiger partial charge in [-0.2, -0.15) is 5.26 Å². The molecule has 2 aliphatic rings. The summed E-state index contributed by atoms with van der Waals surface area (Å²) in [4.78, 5) is 42.8. The fraction of sp³-hybridized carbons (Fsp3) is 0.333. The summed E-state index contributed by atoms with van der Waals surface area (Å²) < 4.78 is 5.66. The predicted molar refractivity (Wildman–Crippen MR) is 113 cm³/mol. The Bertz CT molecular complexity index is 1070. The molecule has 31 heavy (non-hydrogen) atoms. The minimum absolute atomic E-state index is 0.00816. The number of benzene rings is 2. The lowest BCUT2D eigenvalue weighted by Crippen LogP contribution is -2.68. The van der Waals surface area contributed by atoms with Crippen LogP contribution in [0.4, 0.5) is 5.69 Å². The molecule has 7 nitrogen and oxygen atoms in total. The number of hydrogen-bond donors (Lipinski definition) is 0. The van der Waals surface area contributed by atoms with E-state index in [2.05, 4.69) is 0 Å². The van der Waals surface area contributed by atoms with Crippen molar-refractivity contribution in [1.29, 1.82) is 5.26 Å². The minimum Gasteiger partial charge on any atom is -0.458 e. The van der Waals surface area contributed by atoms with Crippen molar-refractivity contribution in [2.24, 2.45) is 0 Å². The molecule has 1 atom stereocenters. The number of para-hydroxylation sites is 1. The van der Waals surface area contributed by atoms with E-state index >= 15 is 0 Å². The summed E-state index contributed by atoms with van der Waals surface area (Å²) in [5, 5.41) is 8.94. The minimum atomic E-state index is -1.47. The van der Waals surface area contributed by atoms with Crippen LogP contribution in [0.3, 0.4) is 0 Å². The van der Waals surface area contributed by atoms with E-state index < -0.39 is 11.6 Å². The highest BCUT2D eigenvalue weighted by Crippen LogP contribution is 2.45. The van der Waals surface area contributed by atoms with Crippen LogP contribution in [0.15, 0.2) is 48.5 Å². The maximum Gasteiger partial charge on any atom is 0.354 e. The van der Waals surface area contributed by atoms with Crippen molar-refractivity contribution in [1.82, 2.24) is 4.90 Å². The molecule has 0 bridgehead atoms. The van der Waals surface area contributed by atoms with Crippen LogP contribution in [0.5, 0.6) is 0 Å². The molecule has 0 radical (unpaired) electrons. The molecule has 0 saturated carbocycles. The molecule has 2 amide bonds. The van der Waals surface area contributed by atoms with Gasteiger partial charge in [0.2, 0.25) is 11.6 Å². The van der Waals surface area contributed by atoms with Crippen LogP contribution in [0, 0.1) is 11.3 Å². The molecular formula is C24H23N3O4. The van der Waals surface area contributed by atoms with Gasteiger partial charge in [0.05, 0.1) is 22.9 Å². The van der Waals surface area contributed by atoms with E-state index in [-0.39, 0.29) is 31.3 Å². The Morgan fingerprint density at radius 1 is 1.16 bits per heavy atom. The first-order valence-electron chi connectivity index (χ1n) is 10.4. The van der Waals surface area contributed by atoms with E-state index in [1.54, 1.807) is 48.5 Å². The number of unbranched alkanes of at least 4 members (excludes halogenated alkanes) is 1. The quantitative estimate of drug-likeness (QED) is 0.672. The smallest absolute Gasteiger partial charge is 0.354 e. The first-order valence-corrected chi connectivity index (χ1v) is 10.4. The topological polar surface area (TPSA) is 90.7 Å². The van der Waals surface area contributed by atoms with Crippen molar-refractivity contribution in [3.05, 3.63) is 65.2 Å². The van der Waals surface area contributed by atoms with Gasteiger partial charge in [-0.1, -0.05) is 37.6 Å². The normalized spacial score (nSPS) is 19.6. The fourth-order valence-corrected chi connectivity index (χ4v) is 4.31. The average molecular weight is 417 g/mol. The second kappa shape index (κ2) is 8.23. The average Bonchev–Trinajstić information content (AvgIpc) is 3.16. The number of amides is 2. The highest BCUT2D eigenvalue weighted by molar-refractivity contribution is 6.15. The first kappa shape index (κ1) is 20.6. The number of nitriles is 1. The van der Waals surface area contributed by atoms with Crippen molar-refractivity contribution in [3.63, 3.8) is 0 Å². The van der Waals surface area contributed by atoms with E-state index in [9.17, 15) is 14.4 Å². The Balaban J connectivity index is 1.70. The molecule has 0 aliphatic carbocycles. The summed E-state index contributed by atoms with van der Waals surface area (Å²) in [7, 11) is 0. The van der Waals surface area contributed by atoms with Crippen LogP contribution in [0.2, 0.25) is 0 Å². The Morgan fingerprint density at radius 3 is 2.61 bits per heavy atom. The molecule has 0 aromatic heterocycles. The van der Waals surface area contributed by atoms with Crippen molar-refractivity contribution >= 4 is 23.5 Å². The summed E-state index contributed by atoms with van der Waals surface area (Å²) in [5.41, 5.74) is 0.649. The van der Waals surface area contributed by atoms with E-state index in [1.807, 2.05) is 13.0 Å². The van der Waals surface area contributed by atoms with Crippen molar-refractivity contribution in [2.45, 2.75) is 44.9 Å². The van der Waals surface area contributed by atoms with Crippen LogP contribution in [0.25, 0.3) is 0 Å². The number of anilines is 1. The van der Waals surface area contributed by atoms with Crippen LogP contribution in [0.1, 0.15) is 54.1 Å². The lowest BCUT2D eigenvalue weighted by atomic mass is 9.96. The molecule has 158 valence electrons. The van der Waals surface area contributed by atoms with Gasteiger partial charge in [-0.25, -0.2) is 4.79 Å². The summed E-state index contributed by atoms with van der Waals surface area (Å²) in [6.07, 6.45) is 1.91. The maximum absolute atomic E-state index is 13.5.